The Morgan fingerprint density at radius 3 is 2.52 bits per heavy atom. The third kappa shape index (κ3) is 3.70. The van der Waals surface area contributed by atoms with Gasteiger partial charge in [-0.1, -0.05) is 17.7 Å². The molecule has 0 amide bonds. The SMILES string of the molecule is O=[N+]([O-])c1cccc(S(=O)(=O)N2CCN(c3cncc(Cl)n3)CC2)c1. The highest BCUT2D eigenvalue weighted by molar-refractivity contribution is 7.89. The van der Waals surface area contributed by atoms with Gasteiger partial charge in [0.1, 0.15) is 11.0 Å². The van der Waals surface area contributed by atoms with Crippen LogP contribution < -0.4 is 4.90 Å². The molecule has 1 fully saturated rings. The van der Waals surface area contributed by atoms with Crippen LogP contribution in [0.25, 0.3) is 0 Å². The molecular weight excluding hydrogens is 370 g/mol. The summed E-state index contributed by atoms with van der Waals surface area (Å²) in [5, 5.41) is 11.1. The van der Waals surface area contributed by atoms with Gasteiger partial charge in [0.05, 0.1) is 22.2 Å². The van der Waals surface area contributed by atoms with Crippen molar-refractivity contribution >= 4 is 33.1 Å². The second kappa shape index (κ2) is 6.90. The molecular formula is C14H14ClN5O4S. The van der Waals surface area contributed by atoms with Gasteiger partial charge in [0, 0.05) is 38.3 Å². The van der Waals surface area contributed by atoms with Crippen LogP contribution in [-0.2, 0) is 10.0 Å². The number of anilines is 1. The van der Waals surface area contributed by atoms with Gasteiger partial charge >= 0.3 is 0 Å². The largest absolute Gasteiger partial charge is 0.353 e. The molecule has 9 nitrogen and oxygen atoms in total. The Hall–Kier alpha value is -2.30. The Labute approximate surface area is 149 Å². The van der Waals surface area contributed by atoms with Crippen LogP contribution in [0.2, 0.25) is 5.15 Å². The van der Waals surface area contributed by atoms with Gasteiger partial charge in [-0.3, -0.25) is 15.1 Å². The van der Waals surface area contributed by atoms with Crippen molar-refractivity contribution < 1.29 is 13.3 Å². The molecule has 0 spiro atoms. The average Bonchev–Trinajstić information content (AvgIpc) is 2.62. The second-order valence-corrected chi connectivity index (χ2v) is 7.67. The molecule has 11 heteroatoms. The summed E-state index contributed by atoms with van der Waals surface area (Å²) in [5.74, 6) is 0.583. The van der Waals surface area contributed by atoms with Crippen molar-refractivity contribution in [2.24, 2.45) is 0 Å². The summed E-state index contributed by atoms with van der Waals surface area (Å²) in [5.41, 5.74) is -0.256. The van der Waals surface area contributed by atoms with Gasteiger partial charge in [0.15, 0.2) is 0 Å². The first-order valence-corrected chi connectivity index (χ1v) is 9.17. The molecule has 25 heavy (non-hydrogen) atoms. The molecule has 0 saturated carbocycles. The predicted octanol–water partition coefficient (Wildman–Crippen LogP) is 1.55. The minimum Gasteiger partial charge on any atom is -0.353 e. The summed E-state index contributed by atoms with van der Waals surface area (Å²) < 4.78 is 26.7. The monoisotopic (exact) mass is 383 g/mol. The summed E-state index contributed by atoms with van der Waals surface area (Å²) in [6, 6.07) is 5.05. The number of nitro groups is 1. The first-order valence-electron chi connectivity index (χ1n) is 7.35. The molecule has 0 atom stereocenters. The molecule has 0 aliphatic carbocycles. The number of non-ortho nitro benzene ring substituents is 1. The maximum atomic E-state index is 12.7. The minimum absolute atomic E-state index is 0.0855. The molecule has 0 N–H and O–H groups in total. The number of hydrogen-bond donors (Lipinski definition) is 0. The number of rotatable bonds is 4. The topological polar surface area (TPSA) is 110 Å². The molecule has 132 valence electrons. The Bertz CT molecular complexity index is 900. The van der Waals surface area contributed by atoms with Crippen molar-refractivity contribution in [1.29, 1.82) is 0 Å². The molecule has 0 unspecified atom stereocenters. The van der Waals surface area contributed by atoms with E-state index in [1.165, 1.54) is 28.7 Å². The third-order valence-corrected chi connectivity index (χ3v) is 5.90. The van der Waals surface area contributed by atoms with E-state index in [1.807, 2.05) is 4.90 Å². The molecule has 3 rings (SSSR count). The Morgan fingerprint density at radius 1 is 1.16 bits per heavy atom. The minimum atomic E-state index is -3.79. The van der Waals surface area contributed by atoms with E-state index in [9.17, 15) is 18.5 Å². The van der Waals surface area contributed by atoms with E-state index in [-0.39, 0.29) is 28.8 Å². The van der Waals surface area contributed by atoms with Gasteiger partial charge in [-0.15, -0.1) is 0 Å². The first kappa shape index (κ1) is 17.5. The fourth-order valence-corrected chi connectivity index (χ4v) is 4.15. The van der Waals surface area contributed by atoms with E-state index >= 15 is 0 Å². The number of benzene rings is 1. The fraction of sp³-hybridized carbons (Fsp3) is 0.286. The molecule has 2 aromatic rings. The van der Waals surface area contributed by atoms with Crippen LogP contribution in [0.3, 0.4) is 0 Å². The summed E-state index contributed by atoms with van der Waals surface area (Å²) in [6.07, 6.45) is 2.99. The molecule has 0 radical (unpaired) electrons. The van der Waals surface area contributed by atoms with Crippen LogP contribution in [0.1, 0.15) is 0 Å². The highest BCUT2D eigenvalue weighted by atomic mass is 35.5. The Morgan fingerprint density at radius 2 is 1.88 bits per heavy atom. The number of sulfonamides is 1. The summed E-state index contributed by atoms with van der Waals surface area (Å²) in [4.78, 5) is 20.2. The van der Waals surface area contributed by atoms with Crippen molar-refractivity contribution in [2.75, 3.05) is 31.1 Å². The molecule has 1 aromatic carbocycles. The number of nitro benzene ring substituents is 1. The van der Waals surface area contributed by atoms with Crippen molar-refractivity contribution in [3.8, 4) is 0 Å². The van der Waals surface area contributed by atoms with Crippen LogP contribution in [0, 0.1) is 10.1 Å². The number of piperazine rings is 1. The molecule has 1 saturated heterocycles. The number of aromatic nitrogens is 2. The predicted molar refractivity (Wildman–Crippen MR) is 91.1 cm³/mol. The van der Waals surface area contributed by atoms with E-state index in [4.69, 9.17) is 11.6 Å². The molecule has 1 aliphatic rings. The fourth-order valence-electron chi connectivity index (χ4n) is 2.55. The zero-order valence-corrected chi connectivity index (χ0v) is 14.5. The van der Waals surface area contributed by atoms with Gasteiger partial charge in [0.25, 0.3) is 5.69 Å². The molecule has 0 bridgehead atoms. The lowest BCUT2D eigenvalue weighted by Crippen LogP contribution is -2.48. The van der Waals surface area contributed by atoms with Crippen molar-refractivity contribution in [3.05, 3.63) is 51.9 Å². The van der Waals surface area contributed by atoms with Crippen LogP contribution in [-0.4, -0.2) is 53.8 Å². The standard InChI is InChI=1S/C14H14ClN5O4S/c15-13-9-16-10-14(17-13)18-4-6-19(7-5-18)25(23,24)12-3-1-2-11(8-12)20(21)22/h1-3,8-10H,4-7H2. The van der Waals surface area contributed by atoms with E-state index in [0.717, 1.165) is 6.07 Å². The van der Waals surface area contributed by atoms with Gasteiger partial charge in [-0.25, -0.2) is 13.4 Å². The van der Waals surface area contributed by atoms with Crippen LogP contribution >= 0.6 is 11.6 Å². The third-order valence-electron chi connectivity index (χ3n) is 3.82. The van der Waals surface area contributed by atoms with E-state index < -0.39 is 14.9 Å². The normalized spacial score (nSPS) is 16.0. The maximum Gasteiger partial charge on any atom is 0.270 e. The van der Waals surface area contributed by atoms with Crippen molar-refractivity contribution in [1.82, 2.24) is 14.3 Å². The number of halogens is 1. The van der Waals surface area contributed by atoms with E-state index in [0.29, 0.717) is 18.9 Å². The second-order valence-electron chi connectivity index (χ2n) is 5.35. The smallest absolute Gasteiger partial charge is 0.270 e. The maximum absolute atomic E-state index is 12.7. The summed E-state index contributed by atoms with van der Waals surface area (Å²) in [6.45, 7) is 1.31. The molecule has 2 heterocycles. The highest BCUT2D eigenvalue weighted by Crippen LogP contribution is 2.23. The van der Waals surface area contributed by atoms with Crippen molar-refractivity contribution in [3.63, 3.8) is 0 Å². The lowest BCUT2D eigenvalue weighted by Gasteiger charge is -2.34. The van der Waals surface area contributed by atoms with Gasteiger partial charge < -0.3 is 4.90 Å². The molecule has 1 aliphatic heterocycles. The van der Waals surface area contributed by atoms with Gasteiger partial charge in [0.2, 0.25) is 10.0 Å². The first-order chi connectivity index (χ1) is 11.9. The Kier molecular flexibility index (Phi) is 4.84. The highest BCUT2D eigenvalue weighted by Gasteiger charge is 2.30. The quantitative estimate of drug-likeness (QED) is 0.581. The lowest BCUT2D eigenvalue weighted by molar-refractivity contribution is -0.385. The molecule has 1 aromatic heterocycles. The summed E-state index contributed by atoms with van der Waals surface area (Å²) in [7, 11) is -3.79. The zero-order chi connectivity index (χ0) is 18.0. The van der Waals surface area contributed by atoms with Crippen LogP contribution in [0.5, 0.6) is 0 Å². The number of nitrogens with zero attached hydrogens (tertiary/aromatic N) is 5. The van der Waals surface area contributed by atoms with Crippen LogP contribution in [0.4, 0.5) is 11.5 Å². The Balaban J connectivity index is 1.75. The van der Waals surface area contributed by atoms with E-state index in [1.54, 1.807) is 6.20 Å². The van der Waals surface area contributed by atoms with Crippen molar-refractivity contribution in [2.45, 2.75) is 4.90 Å². The van der Waals surface area contributed by atoms with Gasteiger partial charge in [-0.05, 0) is 6.07 Å². The van der Waals surface area contributed by atoms with Crippen LogP contribution in [0.15, 0.2) is 41.6 Å². The summed E-state index contributed by atoms with van der Waals surface area (Å²) >= 11 is 5.82. The van der Waals surface area contributed by atoms with Gasteiger partial charge in [-0.2, -0.15) is 4.31 Å². The zero-order valence-electron chi connectivity index (χ0n) is 12.9. The van der Waals surface area contributed by atoms with E-state index in [2.05, 4.69) is 9.97 Å². The lowest BCUT2D eigenvalue weighted by atomic mass is 10.3. The average molecular weight is 384 g/mol. The number of hydrogen-bond acceptors (Lipinski definition) is 7.